The Morgan fingerprint density at radius 3 is 2.52 bits per heavy atom. The molecule has 2 N–H and O–H groups in total. The molecule has 1 amide bonds. The summed E-state index contributed by atoms with van der Waals surface area (Å²) in [5.74, 6) is 0.411. The molecular weight excluding hydrogens is 316 g/mol. The van der Waals surface area contributed by atoms with E-state index in [2.05, 4.69) is 17.1 Å². The van der Waals surface area contributed by atoms with Gasteiger partial charge in [-0.25, -0.2) is 0 Å². The molecule has 0 unspecified atom stereocenters. The number of hydrogen-bond donors (Lipinski definition) is 2. The predicted molar refractivity (Wildman–Crippen MR) is 90.7 cm³/mol. The Morgan fingerprint density at radius 1 is 1.22 bits per heavy atom. The van der Waals surface area contributed by atoms with Crippen LogP contribution in [-0.2, 0) is 9.59 Å². The molecule has 0 aromatic rings. The highest BCUT2D eigenvalue weighted by Gasteiger charge is 2.54. The molecule has 23 heavy (non-hydrogen) atoms. The number of likely N-dealkylation sites (tertiary alicyclic amines) is 1. The van der Waals surface area contributed by atoms with Crippen LogP contribution in [0, 0.1) is 17.3 Å². The summed E-state index contributed by atoms with van der Waals surface area (Å²) in [5, 5.41) is 12.7. The van der Waals surface area contributed by atoms with Gasteiger partial charge in [0.2, 0.25) is 5.91 Å². The summed E-state index contributed by atoms with van der Waals surface area (Å²) in [6.07, 6.45) is 7.31. The van der Waals surface area contributed by atoms with Gasteiger partial charge >= 0.3 is 5.97 Å². The maximum Gasteiger partial charge on any atom is 0.311 e. The lowest BCUT2D eigenvalue weighted by molar-refractivity contribution is -0.149. The van der Waals surface area contributed by atoms with Crippen molar-refractivity contribution in [1.29, 1.82) is 0 Å². The lowest BCUT2D eigenvalue weighted by Gasteiger charge is -2.28. The minimum atomic E-state index is -0.667. The third-order valence-corrected chi connectivity index (χ3v) is 6.12. The zero-order valence-corrected chi connectivity index (χ0v) is 14.7. The van der Waals surface area contributed by atoms with Crippen LogP contribution >= 0.6 is 12.4 Å². The Balaban J connectivity index is 0.00000192. The Hall–Kier alpha value is -0.810. The second kappa shape index (κ2) is 7.39. The van der Waals surface area contributed by atoms with E-state index in [1.54, 1.807) is 0 Å². The van der Waals surface area contributed by atoms with Gasteiger partial charge in [-0.1, -0.05) is 13.3 Å². The summed E-state index contributed by atoms with van der Waals surface area (Å²) in [4.78, 5) is 26.0. The second-order valence-electron chi connectivity index (χ2n) is 7.74. The van der Waals surface area contributed by atoms with E-state index < -0.39 is 11.4 Å². The van der Waals surface area contributed by atoms with E-state index in [1.165, 1.54) is 12.8 Å². The van der Waals surface area contributed by atoms with Gasteiger partial charge in [-0.3, -0.25) is 14.5 Å². The van der Waals surface area contributed by atoms with E-state index in [0.29, 0.717) is 19.1 Å². The van der Waals surface area contributed by atoms with Crippen molar-refractivity contribution in [3.8, 4) is 0 Å². The zero-order valence-electron chi connectivity index (χ0n) is 13.9. The van der Waals surface area contributed by atoms with E-state index >= 15 is 0 Å². The fraction of sp³-hybridized carbons (Fsp3) is 0.882. The number of carboxylic acid groups (broad SMARTS) is 1. The van der Waals surface area contributed by atoms with Crippen LogP contribution in [-0.4, -0.2) is 47.6 Å². The number of fused-ring (bicyclic) bond motifs is 1. The van der Waals surface area contributed by atoms with Crippen molar-refractivity contribution >= 4 is 24.3 Å². The molecule has 1 heterocycles. The SMILES string of the molecule is CC1CCC(NC(=O)CN2C[C@@H]3CCC[C@@]3(C(=O)O)C2)CC1.Cl. The Bertz CT molecular complexity index is 451. The van der Waals surface area contributed by atoms with Crippen molar-refractivity contribution in [2.75, 3.05) is 19.6 Å². The molecule has 3 fully saturated rings. The van der Waals surface area contributed by atoms with E-state index in [4.69, 9.17) is 0 Å². The number of halogens is 1. The highest BCUT2D eigenvalue weighted by molar-refractivity contribution is 5.85. The Labute approximate surface area is 144 Å². The number of aliphatic carboxylic acids is 1. The molecule has 5 nitrogen and oxygen atoms in total. The first kappa shape index (κ1) is 18.5. The van der Waals surface area contributed by atoms with Crippen LogP contribution in [0.1, 0.15) is 51.9 Å². The molecule has 2 aliphatic carbocycles. The van der Waals surface area contributed by atoms with Crippen LogP contribution in [0.5, 0.6) is 0 Å². The van der Waals surface area contributed by atoms with Gasteiger partial charge in [0.05, 0.1) is 12.0 Å². The van der Waals surface area contributed by atoms with Gasteiger partial charge in [0.15, 0.2) is 0 Å². The fourth-order valence-corrected chi connectivity index (χ4v) is 4.74. The lowest BCUT2D eigenvalue weighted by Crippen LogP contribution is -2.43. The smallest absolute Gasteiger partial charge is 0.311 e. The van der Waals surface area contributed by atoms with Crippen LogP contribution in [0.4, 0.5) is 0 Å². The number of nitrogens with one attached hydrogen (secondary N) is 1. The summed E-state index contributed by atoms with van der Waals surface area (Å²) in [7, 11) is 0. The van der Waals surface area contributed by atoms with Gasteiger partial charge < -0.3 is 10.4 Å². The largest absolute Gasteiger partial charge is 0.481 e. The Kier molecular flexibility index (Phi) is 5.95. The molecule has 0 spiro atoms. The number of nitrogens with zero attached hydrogens (tertiary/aromatic N) is 1. The third kappa shape index (κ3) is 3.82. The molecule has 3 aliphatic rings. The fourth-order valence-electron chi connectivity index (χ4n) is 4.74. The normalized spacial score (nSPS) is 37.0. The Morgan fingerprint density at radius 2 is 1.91 bits per heavy atom. The van der Waals surface area contributed by atoms with Gasteiger partial charge in [-0.15, -0.1) is 12.4 Å². The summed E-state index contributed by atoms with van der Waals surface area (Å²) >= 11 is 0. The molecule has 0 bridgehead atoms. The third-order valence-electron chi connectivity index (χ3n) is 6.12. The van der Waals surface area contributed by atoms with E-state index in [0.717, 1.165) is 44.6 Å². The minimum Gasteiger partial charge on any atom is -0.481 e. The first-order valence-electron chi connectivity index (χ1n) is 8.75. The summed E-state index contributed by atoms with van der Waals surface area (Å²) in [6, 6.07) is 0.319. The van der Waals surface area contributed by atoms with Crippen LogP contribution in [0.15, 0.2) is 0 Å². The number of amides is 1. The maximum absolute atomic E-state index is 12.2. The van der Waals surface area contributed by atoms with E-state index in [9.17, 15) is 14.7 Å². The predicted octanol–water partition coefficient (Wildman–Crippen LogP) is 2.29. The number of carboxylic acids is 1. The van der Waals surface area contributed by atoms with Gasteiger partial charge in [-0.2, -0.15) is 0 Å². The van der Waals surface area contributed by atoms with E-state index in [-0.39, 0.29) is 24.2 Å². The minimum absolute atomic E-state index is 0. The molecule has 1 aliphatic heterocycles. The van der Waals surface area contributed by atoms with Gasteiger partial charge in [0, 0.05) is 19.1 Å². The second-order valence-corrected chi connectivity index (χ2v) is 7.74. The van der Waals surface area contributed by atoms with Gasteiger partial charge in [0.1, 0.15) is 0 Å². The summed E-state index contributed by atoms with van der Waals surface area (Å²) in [6.45, 7) is 3.94. The van der Waals surface area contributed by atoms with Crippen molar-refractivity contribution < 1.29 is 14.7 Å². The van der Waals surface area contributed by atoms with Gasteiger partial charge in [0.25, 0.3) is 0 Å². The topological polar surface area (TPSA) is 69.6 Å². The molecule has 6 heteroatoms. The molecule has 2 saturated carbocycles. The zero-order chi connectivity index (χ0) is 15.7. The highest BCUT2D eigenvalue weighted by atomic mass is 35.5. The molecule has 3 rings (SSSR count). The first-order valence-corrected chi connectivity index (χ1v) is 8.75. The van der Waals surface area contributed by atoms with Crippen molar-refractivity contribution in [2.45, 2.75) is 57.9 Å². The maximum atomic E-state index is 12.2. The van der Waals surface area contributed by atoms with Crippen LogP contribution in [0.3, 0.4) is 0 Å². The van der Waals surface area contributed by atoms with Gasteiger partial charge in [-0.05, 0) is 50.4 Å². The number of carbonyl (C=O) groups is 2. The van der Waals surface area contributed by atoms with Crippen molar-refractivity contribution in [3.63, 3.8) is 0 Å². The molecule has 0 aromatic carbocycles. The van der Waals surface area contributed by atoms with Crippen LogP contribution in [0.25, 0.3) is 0 Å². The number of rotatable bonds is 4. The number of hydrogen-bond acceptors (Lipinski definition) is 3. The number of carbonyl (C=O) groups excluding carboxylic acids is 1. The van der Waals surface area contributed by atoms with Crippen LogP contribution in [0.2, 0.25) is 0 Å². The molecular formula is C17H29ClN2O3. The first-order chi connectivity index (χ1) is 10.5. The average Bonchev–Trinajstić information content (AvgIpc) is 2.99. The quantitative estimate of drug-likeness (QED) is 0.821. The highest BCUT2D eigenvalue weighted by Crippen LogP contribution is 2.48. The molecule has 1 saturated heterocycles. The monoisotopic (exact) mass is 344 g/mol. The summed E-state index contributed by atoms with van der Waals surface area (Å²) < 4.78 is 0. The van der Waals surface area contributed by atoms with E-state index in [1.807, 2.05) is 0 Å². The molecule has 132 valence electrons. The van der Waals surface area contributed by atoms with Crippen LogP contribution < -0.4 is 5.32 Å². The average molecular weight is 345 g/mol. The van der Waals surface area contributed by atoms with Crippen molar-refractivity contribution in [1.82, 2.24) is 10.2 Å². The molecule has 0 radical (unpaired) electrons. The summed E-state index contributed by atoms with van der Waals surface area (Å²) in [5.41, 5.74) is -0.583. The lowest BCUT2D eigenvalue weighted by atomic mass is 9.81. The van der Waals surface area contributed by atoms with Crippen molar-refractivity contribution in [3.05, 3.63) is 0 Å². The standard InChI is InChI=1S/C17H28N2O3.ClH/c1-12-4-6-14(7-5-12)18-15(20)10-19-9-13-3-2-8-17(13,11-19)16(21)22;/h12-14H,2-11H2,1H3,(H,18,20)(H,21,22);1H/t12?,13-,14?,17+;/m0./s1. The van der Waals surface area contributed by atoms with Crippen molar-refractivity contribution in [2.24, 2.45) is 17.3 Å². The molecule has 0 aromatic heterocycles. The molecule has 2 atom stereocenters.